The van der Waals surface area contributed by atoms with Gasteiger partial charge in [0.1, 0.15) is 4.83 Å². The summed E-state index contributed by atoms with van der Waals surface area (Å²) >= 11 is 3.11. The highest BCUT2D eigenvalue weighted by Gasteiger charge is 2.09. The van der Waals surface area contributed by atoms with Crippen LogP contribution in [-0.4, -0.2) is 9.55 Å². The topological polar surface area (TPSA) is 34.9 Å². The van der Waals surface area contributed by atoms with Crippen LogP contribution in [0.1, 0.15) is 11.1 Å². The average Bonchev–Trinajstić information content (AvgIpc) is 2.91. The molecule has 0 saturated heterocycles. The summed E-state index contributed by atoms with van der Waals surface area (Å²) < 4.78 is 1.63. The summed E-state index contributed by atoms with van der Waals surface area (Å²) in [6, 6.07) is 10.3. The molecule has 0 saturated carbocycles. The van der Waals surface area contributed by atoms with Gasteiger partial charge in [0.15, 0.2) is 5.16 Å². The van der Waals surface area contributed by atoms with E-state index in [1.807, 2.05) is 11.4 Å². The highest BCUT2D eigenvalue weighted by molar-refractivity contribution is 7.98. The van der Waals surface area contributed by atoms with E-state index in [4.69, 9.17) is 0 Å². The molecule has 5 heteroatoms. The van der Waals surface area contributed by atoms with Gasteiger partial charge in [-0.3, -0.25) is 9.36 Å². The van der Waals surface area contributed by atoms with Gasteiger partial charge < -0.3 is 0 Å². The second-order valence-corrected chi connectivity index (χ2v) is 6.51. The van der Waals surface area contributed by atoms with Gasteiger partial charge in [0.25, 0.3) is 5.56 Å². The van der Waals surface area contributed by atoms with Gasteiger partial charge in [0.05, 0.1) is 5.39 Å². The number of thiophene rings is 1. The molecule has 0 N–H and O–H groups in total. The Morgan fingerprint density at radius 1 is 1.25 bits per heavy atom. The maximum absolute atomic E-state index is 12.2. The minimum atomic E-state index is 0.0302. The lowest BCUT2D eigenvalue weighted by atomic mass is 10.2. The molecular formula is C15H14N2OS2. The lowest BCUT2D eigenvalue weighted by Crippen LogP contribution is -2.19. The Morgan fingerprint density at radius 3 is 2.75 bits per heavy atom. The van der Waals surface area contributed by atoms with Crippen LogP contribution in [0.5, 0.6) is 0 Å². The molecule has 20 heavy (non-hydrogen) atoms. The van der Waals surface area contributed by atoms with Crippen molar-refractivity contribution >= 4 is 33.3 Å². The Labute approximate surface area is 125 Å². The predicted molar refractivity (Wildman–Crippen MR) is 85.6 cm³/mol. The molecule has 0 atom stereocenters. The third-order valence-corrected chi connectivity index (χ3v) is 5.06. The van der Waals surface area contributed by atoms with E-state index in [1.54, 1.807) is 23.4 Å². The number of nitrogens with zero attached hydrogens (tertiary/aromatic N) is 2. The molecule has 0 amide bonds. The minimum Gasteiger partial charge on any atom is -0.290 e. The minimum absolute atomic E-state index is 0.0302. The van der Waals surface area contributed by atoms with Crippen LogP contribution in [0, 0.1) is 6.92 Å². The molecule has 0 bridgehead atoms. The number of hydrogen-bond donors (Lipinski definition) is 0. The summed E-state index contributed by atoms with van der Waals surface area (Å²) in [5.74, 6) is 0.817. The van der Waals surface area contributed by atoms with Crippen LogP contribution in [0.3, 0.4) is 0 Å². The fourth-order valence-corrected chi connectivity index (χ4v) is 3.67. The fourth-order valence-electron chi connectivity index (χ4n) is 1.94. The Bertz CT molecular complexity index is 803. The first kappa shape index (κ1) is 13.4. The smallest absolute Gasteiger partial charge is 0.262 e. The van der Waals surface area contributed by atoms with Crippen molar-refractivity contribution in [1.82, 2.24) is 9.55 Å². The summed E-state index contributed by atoms with van der Waals surface area (Å²) in [5.41, 5.74) is 2.52. The molecule has 0 spiro atoms. The maximum atomic E-state index is 12.2. The normalized spacial score (nSPS) is 11.1. The number of aromatic nitrogens is 2. The fraction of sp³-hybridized carbons (Fsp3) is 0.200. The zero-order valence-corrected chi connectivity index (χ0v) is 12.9. The van der Waals surface area contributed by atoms with Crippen LogP contribution >= 0.6 is 23.1 Å². The van der Waals surface area contributed by atoms with Crippen molar-refractivity contribution < 1.29 is 0 Å². The first-order chi connectivity index (χ1) is 9.65. The predicted octanol–water partition coefficient (Wildman–Crippen LogP) is 3.60. The van der Waals surface area contributed by atoms with E-state index in [-0.39, 0.29) is 5.56 Å². The monoisotopic (exact) mass is 302 g/mol. The highest BCUT2D eigenvalue weighted by atomic mass is 32.2. The van der Waals surface area contributed by atoms with Gasteiger partial charge >= 0.3 is 0 Å². The number of hydrogen-bond acceptors (Lipinski definition) is 4. The van der Waals surface area contributed by atoms with Crippen molar-refractivity contribution in [2.45, 2.75) is 17.8 Å². The summed E-state index contributed by atoms with van der Waals surface area (Å²) in [6.07, 6.45) is 0. The molecule has 102 valence electrons. The second-order valence-electron chi connectivity index (χ2n) is 4.67. The zero-order valence-electron chi connectivity index (χ0n) is 11.3. The van der Waals surface area contributed by atoms with Gasteiger partial charge in [-0.25, -0.2) is 4.98 Å². The quantitative estimate of drug-likeness (QED) is 0.548. The van der Waals surface area contributed by atoms with E-state index in [0.29, 0.717) is 5.39 Å². The third kappa shape index (κ3) is 2.51. The summed E-state index contributed by atoms with van der Waals surface area (Å²) in [6.45, 7) is 2.08. The van der Waals surface area contributed by atoms with Crippen molar-refractivity contribution in [2.24, 2.45) is 7.05 Å². The van der Waals surface area contributed by atoms with Gasteiger partial charge in [-0.05, 0) is 23.9 Å². The molecule has 0 aliphatic heterocycles. The Balaban J connectivity index is 1.89. The Kier molecular flexibility index (Phi) is 3.63. The lowest BCUT2D eigenvalue weighted by molar-refractivity contribution is 0.728. The van der Waals surface area contributed by atoms with E-state index in [1.165, 1.54) is 22.5 Å². The van der Waals surface area contributed by atoms with Crippen LogP contribution in [-0.2, 0) is 12.8 Å². The largest absolute Gasteiger partial charge is 0.290 e. The van der Waals surface area contributed by atoms with Crippen molar-refractivity contribution in [3.05, 3.63) is 57.2 Å². The van der Waals surface area contributed by atoms with Crippen LogP contribution in [0.25, 0.3) is 10.2 Å². The van der Waals surface area contributed by atoms with Crippen LogP contribution < -0.4 is 5.56 Å². The molecule has 0 radical (unpaired) electrons. The van der Waals surface area contributed by atoms with Gasteiger partial charge in [0.2, 0.25) is 0 Å². The number of benzene rings is 1. The molecule has 0 aliphatic carbocycles. The summed E-state index contributed by atoms with van der Waals surface area (Å²) in [7, 11) is 1.78. The van der Waals surface area contributed by atoms with Gasteiger partial charge in [-0.1, -0.05) is 41.6 Å². The first-order valence-electron chi connectivity index (χ1n) is 6.28. The molecular weight excluding hydrogens is 288 g/mol. The first-order valence-corrected chi connectivity index (χ1v) is 8.14. The van der Waals surface area contributed by atoms with Crippen LogP contribution in [0.4, 0.5) is 0 Å². The molecule has 0 fully saturated rings. The average molecular weight is 302 g/mol. The molecule has 3 aromatic rings. The zero-order chi connectivity index (χ0) is 14.1. The Morgan fingerprint density at radius 2 is 2.00 bits per heavy atom. The van der Waals surface area contributed by atoms with Crippen molar-refractivity contribution in [3.63, 3.8) is 0 Å². The van der Waals surface area contributed by atoms with Gasteiger partial charge in [0, 0.05) is 12.8 Å². The highest BCUT2D eigenvalue weighted by Crippen LogP contribution is 2.23. The molecule has 3 nitrogen and oxygen atoms in total. The second kappa shape index (κ2) is 5.42. The van der Waals surface area contributed by atoms with Crippen molar-refractivity contribution in [3.8, 4) is 0 Å². The third-order valence-electron chi connectivity index (χ3n) is 3.15. The van der Waals surface area contributed by atoms with Crippen LogP contribution in [0.15, 0.2) is 45.7 Å². The molecule has 2 heterocycles. The van der Waals surface area contributed by atoms with E-state index in [0.717, 1.165) is 15.7 Å². The van der Waals surface area contributed by atoms with Gasteiger partial charge in [-0.2, -0.15) is 0 Å². The van der Waals surface area contributed by atoms with Crippen molar-refractivity contribution in [2.75, 3.05) is 0 Å². The molecule has 3 rings (SSSR count). The number of aryl methyl sites for hydroxylation is 1. The van der Waals surface area contributed by atoms with E-state index >= 15 is 0 Å². The summed E-state index contributed by atoms with van der Waals surface area (Å²) in [4.78, 5) is 17.6. The number of fused-ring (bicyclic) bond motifs is 1. The van der Waals surface area contributed by atoms with Crippen LogP contribution in [0.2, 0.25) is 0 Å². The molecule has 1 aromatic carbocycles. The van der Waals surface area contributed by atoms with E-state index < -0.39 is 0 Å². The summed E-state index contributed by atoms with van der Waals surface area (Å²) in [5, 5.41) is 3.38. The standard InChI is InChI=1S/C15H14N2OS2/c1-10-3-5-11(6-4-10)9-20-15-16-13-12(7-8-19-13)14(18)17(15)2/h3-8H,9H2,1-2H3. The molecule has 2 aromatic heterocycles. The van der Waals surface area contributed by atoms with E-state index in [9.17, 15) is 4.79 Å². The number of thioether (sulfide) groups is 1. The van der Waals surface area contributed by atoms with Crippen molar-refractivity contribution in [1.29, 1.82) is 0 Å². The lowest BCUT2D eigenvalue weighted by Gasteiger charge is -2.07. The Hall–Kier alpha value is -1.59. The van der Waals surface area contributed by atoms with Gasteiger partial charge in [-0.15, -0.1) is 11.3 Å². The maximum Gasteiger partial charge on any atom is 0.262 e. The van der Waals surface area contributed by atoms with E-state index in [2.05, 4.69) is 36.2 Å². The molecule has 0 aliphatic rings. The SMILES string of the molecule is Cc1ccc(CSc2nc3sccc3c(=O)n2C)cc1. The number of rotatable bonds is 3. The molecule has 0 unspecified atom stereocenters.